The number of carbonyl (C=O) groups is 3. The summed E-state index contributed by atoms with van der Waals surface area (Å²) in [5, 5.41) is 58.6. The number of halogens is 1. The summed E-state index contributed by atoms with van der Waals surface area (Å²) in [7, 11) is 1.52. The van der Waals surface area contributed by atoms with Crippen LogP contribution in [0.3, 0.4) is 0 Å². The summed E-state index contributed by atoms with van der Waals surface area (Å²) < 4.78 is 5.79. The van der Waals surface area contributed by atoms with Gasteiger partial charge in [-0.2, -0.15) is 15.3 Å². The average Bonchev–Trinajstić information content (AvgIpc) is 3.23. The van der Waals surface area contributed by atoms with Gasteiger partial charge in [-0.3, -0.25) is 14.4 Å². The van der Waals surface area contributed by atoms with Gasteiger partial charge in [0.15, 0.2) is 0 Å². The van der Waals surface area contributed by atoms with Crippen molar-refractivity contribution < 1.29 is 44.7 Å². The third kappa shape index (κ3) is 14.4. The van der Waals surface area contributed by atoms with Crippen molar-refractivity contribution in [2.24, 2.45) is 15.3 Å². The molecule has 0 aliphatic heterocycles. The fourth-order valence-electron chi connectivity index (χ4n) is 4.99. The number of nitrogens with zero attached hydrogens (tertiary/aromatic N) is 3. The lowest BCUT2D eigenvalue weighted by atomic mass is 10.1. The van der Waals surface area contributed by atoms with Gasteiger partial charge in [0.2, 0.25) is 0 Å². The van der Waals surface area contributed by atoms with E-state index in [0.29, 0.717) is 39.1 Å². The molecule has 0 saturated heterocycles. The molecule has 3 amide bonds. The number of ether oxygens (including phenoxy) is 1. The fraction of sp³-hybridized carbons (Fsp3) is 0.0667. The fourth-order valence-corrected chi connectivity index (χ4v) is 5.39. The van der Waals surface area contributed by atoms with Crippen molar-refractivity contribution in [3.05, 3.63) is 176 Å². The molecular formula is C45H41BrN6O9. The zero-order valence-corrected chi connectivity index (χ0v) is 34.5. The number of rotatable bonds is 10. The molecule has 0 atom stereocenters. The van der Waals surface area contributed by atoms with Crippen molar-refractivity contribution in [2.45, 2.75) is 13.8 Å². The highest BCUT2D eigenvalue weighted by Crippen LogP contribution is 2.23. The van der Waals surface area contributed by atoms with E-state index in [-0.39, 0.29) is 46.5 Å². The van der Waals surface area contributed by atoms with Crippen LogP contribution in [0.1, 0.15) is 58.9 Å². The van der Waals surface area contributed by atoms with Crippen LogP contribution in [0.25, 0.3) is 0 Å². The SMILES string of the molecule is COc1ccc(/C=N/NC(=O)c2ccccc2C)c(O)c1.Cc1ccccc1C(=O)N/N=C/c1ccc(O)cc1O.O=C(N/N=C/c1ccc(O)cc1O)c1cccc(Br)c1. The molecule has 0 saturated carbocycles. The minimum absolute atomic E-state index is 0.0308. The number of nitrogens with one attached hydrogen (secondary N) is 3. The first-order chi connectivity index (χ1) is 29.2. The van der Waals surface area contributed by atoms with Crippen molar-refractivity contribution in [1.82, 2.24) is 16.3 Å². The Labute approximate surface area is 359 Å². The van der Waals surface area contributed by atoms with E-state index in [4.69, 9.17) is 14.9 Å². The molecule has 8 N–H and O–H groups in total. The van der Waals surface area contributed by atoms with E-state index in [1.807, 2.05) is 44.2 Å². The Morgan fingerprint density at radius 1 is 0.525 bits per heavy atom. The van der Waals surface area contributed by atoms with Gasteiger partial charge in [-0.15, -0.1) is 0 Å². The van der Waals surface area contributed by atoms with Crippen LogP contribution in [0.5, 0.6) is 34.5 Å². The molecule has 16 heteroatoms. The summed E-state index contributed by atoms with van der Waals surface area (Å²) >= 11 is 3.28. The summed E-state index contributed by atoms with van der Waals surface area (Å²) in [5.41, 5.74) is 11.7. The Bertz CT molecular complexity index is 2580. The highest BCUT2D eigenvalue weighted by Gasteiger charge is 2.09. The molecule has 0 radical (unpaired) electrons. The number of phenolic OH excluding ortho intramolecular Hbond substituents is 5. The number of aromatic hydroxyl groups is 5. The van der Waals surface area contributed by atoms with Crippen LogP contribution in [0.2, 0.25) is 0 Å². The first-order valence-corrected chi connectivity index (χ1v) is 18.8. The third-order valence-electron chi connectivity index (χ3n) is 8.24. The maximum Gasteiger partial charge on any atom is 0.271 e. The zero-order valence-electron chi connectivity index (χ0n) is 32.9. The minimum Gasteiger partial charge on any atom is -0.508 e. The van der Waals surface area contributed by atoms with Crippen molar-refractivity contribution in [1.29, 1.82) is 0 Å². The van der Waals surface area contributed by atoms with Crippen LogP contribution in [0.15, 0.2) is 147 Å². The van der Waals surface area contributed by atoms with Gasteiger partial charge in [-0.05, 0) is 91.7 Å². The number of hydrogen-bond acceptors (Lipinski definition) is 12. The van der Waals surface area contributed by atoms with Crippen LogP contribution in [0.4, 0.5) is 0 Å². The molecular weight excluding hydrogens is 848 g/mol. The molecule has 61 heavy (non-hydrogen) atoms. The molecule has 0 aliphatic rings. The Balaban J connectivity index is 0.000000202. The van der Waals surface area contributed by atoms with Crippen LogP contribution in [-0.2, 0) is 0 Å². The number of hydrazone groups is 3. The van der Waals surface area contributed by atoms with Gasteiger partial charge in [0, 0.05) is 56.1 Å². The van der Waals surface area contributed by atoms with Crippen molar-refractivity contribution in [2.75, 3.05) is 7.11 Å². The van der Waals surface area contributed by atoms with Crippen molar-refractivity contribution >= 4 is 52.3 Å². The Kier molecular flexibility index (Phi) is 17.1. The molecule has 0 fully saturated rings. The van der Waals surface area contributed by atoms with E-state index in [2.05, 4.69) is 47.5 Å². The van der Waals surface area contributed by atoms with Gasteiger partial charge in [0.05, 0.1) is 25.8 Å². The van der Waals surface area contributed by atoms with E-state index < -0.39 is 0 Å². The second-order valence-electron chi connectivity index (χ2n) is 12.6. The maximum atomic E-state index is 11.9. The molecule has 6 aromatic rings. The quantitative estimate of drug-likeness (QED) is 0.0510. The second kappa shape index (κ2) is 22.8. The van der Waals surface area contributed by atoms with Gasteiger partial charge in [0.1, 0.15) is 34.5 Å². The summed E-state index contributed by atoms with van der Waals surface area (Å²) in [6.45, 7) is 3.69. The number of carbonyl (C=O) groups excluding carboxylic acids is 3. The second-order valence-corrected chi connectivity index (χ2v) is 13.6. The highest BCUT2D eigenvalue weighted by molar-refractivity contribution is 9.10. The molecule has 312 valence electrons. The number of aryl methyl sites for hydroxylation is 2. The Morgan fingerprint density at radius 3 is 1.36 bits per heavy atom. The summed E-state index contributed by atoms with van der Waals surface area (Å²) in [6.07, 6.45) is 3.99. The molecule has 15 nitrogen and oxygen atoms in total. The van der Waals surface area contributed by atoms with E-state index >= 15 is 0 Å². The molecule has 0 aromatic heterocycles. The van der Waals surface area contributed by atoms with Gasteiger partial charge in [0.25, 0.3) is 17.7 Å². The largest absolute Gasteiger partial charge is 0.508 e. The lowest BCUT2D eigenvalue weighted by Crippen LogP contribution is -2.18. The number of hydrogen-bond donors (Lipinski definition) is 8. The number of benzene rings is 6. The van der Waals surface area contributed by atoms with Crippen LogP contribution < -0.4 is 21.0 Å². The van der Waals surface area contributed by atoms with Crippen LogP contribution in [-0.4, -0.2) is 69.0 Å². The molecule has 0 bridgehead atoms. The van der Waals surface area contributed by atoms with E-state index in [1.165, 1.54) is 68.2 Å². The van der Waals surface area contributed by atoms with Gasteiger partial charge in [-0.1, -0.05) is 58.4 Å². The Morgan fingerprint density at radius 2 is 0.951 bits per heavy atom. The van der Waals surface area contributed by atoms with Crippen LogP contribution in [0, 0.1) is 13.8 Å². The smallest absolute Gasteiger partial charge is 0.271 e. The third-order valence-corrected chi connectivity index (χ3v) is 8.73. The van der Waals surface area contributed by atoms with Gasteiger partial charge in [-0.25, -0.2) is 16.3 Å². The first kappa shape index (κ1) is 45.7. The summed E-state index contributed by atoms with van der Waals surface area (Å²) in [5.74, 6) is -0.710. The monoisotopic (exact) mass is 888 g/mol. The first-order valence-electron chi connectivity index (χ1n) is 18.0. The van der Waals surface area contributed by atoms with Crippen LogP contribution >= 0.6 is 15.9 Å². The molecule has 6 aromatic carbocycles. The number of methoxy groups -OCH3 is 1. The lowest BCUT2D eigenvalue weighted by molar-refractivity contribution is 0.0946. The van der Waals surface area contributed by atoms with Crippen molar-refractivity contribution in [3.63, 3.8) is 0 Å². The Hall–Kier alpha value is -7.98. The van der Waals surface area contributed by atoms with E-state index in [9.17, 15) is 29.7 Å². The molecule has 0 heterocycles. The summed E-state index contributed by atoms with van der Waals surface area (Å²) in [4.78, 5) is 35.6. The molecule has 0 spiro atoms. The standard InChI is InChI=1S/C16H16N2O3.C15H14N2O3.C14H11BrN2O3/c1-11-5-3-4-6-14(11)16(20)18-17-10-12-7-8-13(21-2)9-15(12)19;1-10-4-2-3-5-13(10)15(20)17-16-9-11-6-7-12(18)8-14(11)19;15-11-3-1-2-9(6-11)14(20)17-16-8-10-4-5-12(18)7-13(10)19/h3-10,19H,1-2H3,(H,18,20);2-9,18-19H,1H3,(H,17,20);1-8,18-19H,(H,17,20)/b17-10+;16-9+;16-8+. The molecule has 6 rings (SSSR count). The number of amides is 3. The predicted molar refractivity (Wildman–Crippen MR) is 236 cm³/mol. The predicted octanol–water partition coefficient (Wildman–Crippen LogP) is 7.27. The van der Waals surface area contributed by atoms with Gasteiger partial charge >= 0.3 is 0 Å². The lowest BCUT2D eigenvalue weighted by Gasteiger charge is -2.04. The molecule has 0 aliphatic carbocycles. The number of phenols is 5. The van der Waals surface area contributed by atoms with E-state index in [0.717, 1.165) is 15.6 Å². The highest BCUT2D eigenvalue weighted by atomic mass is 79.9. The summed E-state index contributed by atoms with van der Waals surface area (Å²) in [6, 6.07) is 34.3. The topological polar surface area (TPSA) is 235 Å². The molecule has 0 unspecified atom stereocenters. The van der Waals surface area contributed by atoms with E-state index in [1.54, 1.807) is 54.6 Å². The maximum absolute atomic E-state index is 11.9. The van der Waals surface area contributed by atoms with Crippen molar-refractivity contribution in [3.8, 4) is 34.5 Å². The zero-order chi connectivity index (χ0) is 44.3. The average molecular weight is 890 g/mol. The normalized spacial score (nSPS) is 10.6. The van der Waals surface area contributed by atoms with Gasteiger partial charge < -0.3 is 30.3 Å². The minimum atomic E-state index is -0.360.